The Kier molecular flexibility index (Phi) is 5.31. The van der Waals surface area contributed by atoms with Crippen molar-refractivity contribution >= 4 is 23.8 Å². The van der Waals surface area contributed by atoms with Crippen molar-refractivity contribution in [3.8, 4) is 11.5 Å². The van der Waals surface area contributed by atoms with E-state index in [1.807, 2.05) is 0 Å². The van der Waals surface area contributed by atoms with E-state index in [1.165, 1.54) is 7.11 Å². The average Bonchev–Trinajstić information content (AvgIpc) is 2.97. The first-order valence-electron chi connectivity index (χ1n) is 8.79. The number of hydrogen-bond acceptors (Lipinski definition) is 6. The molecule has 0 amide bonds. The van der Waals surface area contributed by atoms with Gasteiger partial charge in [-0.25, -0.2) is 4.79 Å². The lowest BCUT2D eigenvalue weighted by Gasteiger charge is -2.09. The molecule has 1 heterocycles. The van der Waals surface area contributed by atoms with E-state index in [0.717, 1.165) is 0 Å². The Bertz CT molecular complexity index is 983. The number of esters is 2. The van der Waals surface area contributed by atoms with E-state index in [9.17, 15) is 14.4 Å². The number of ketones is 1. The first-order chi connectivity index (χ1) is 13.3. The van der Waals surface area contributed by atoms with E-state index in [0.29, 0.717) is 33.8 Å². The molecule has 2 aromatic rings. The highest BCUT2D eigenvalue weighted by molar-refractivity contribution is 6.15. The van der Waals surface area contributed by atoms with Gasteiger partial charge >= 0.3 is 11.9 Å². The minimum absolute atomic E-state index is 0.163. The summed E-state index contributed by atoms with van der Waals surface area (Å²) >= 11 is 0. The Hall–Kier alpha value is -3.41. The fourth-order valence-corrected chi connectivity index (χ4v) is 2.76. The van der Waals surface area contributed by atoms with Gasteiger partial charge in [-0.15, -0.1) is 0 Å². The number of carbonyl (C=O) groups is 3. The summed E-state index contributed by atoms with van der Waals surface area (Å²) in [5.41, 5.74) is 2.23. The van der Waals surface area contributed by atoms with Crippen LogP contribution in [0.25, 0.3) is 6.08 Å². The van der Waals surface area contributed by atoms with Crippen molar-refractivity contribution < 1.29 is 28.6 Å². The predicted octanol–water partition coefficient (Wildman–Crippen LogP) is 3.96. The van der Waals surface area contributed by atoms with Gasteiger partial charge in [0.25, 0.3) is 0 Å². The van der Waals surface area contributed by atoms with E-state index in [-0.39, 0.29) is 23.4 Å². The highest BCUT2D eigenvalue weighted by atomic mass is 16.5. The SMILES string of the molecule is COC(=O)c1ccc(/C=C2\Oc3cc(OC(=O)C(C)C)cc(C)c3C2=O)cc1. The minimum atomic E-state index is -0.432. The number of carbonyl (C=O) groups excluding carboxylic acids is 3. The van der Waals surface area contributed by atoms with E-state index in [1.54, 1.807) is 63.2 Å². The number of ether oxygens (including phenoxy) is 3. The predicted molar refractivity (Wildman–Crippen MR) is 102 cm³/mol. The maximum atomic E-state index is 12.7. The van der Waals surface area contributed by atoms with Gasteiger partial charge in [0.2, 0.25) is 5.78 Å². The molecule has 0 saturated heterocycles. The van der Waals surface area contributed by atoms with Gasteiger partial charge in [-0.2, -0.15) is 0 Å². The van der Waals surface area contributed by atoms with E-state index in [2.05, 4.69) is 4.74 Å². The second-order valence-electron chi connectivity index (χ2n) is 6.74. The van der Waals surface area contributed by atoms with Crippen LogP contribution in [0.5, 0.6) is 11.5 Å². The molecule has 1 aliphatic heterocycles. The molecule has 28 heavy (non-hydrogen) atoms. The Morgan fingerprint density at radius 1 is 1.11 bits per heavy atom. The quantitative estimate of drug-likeness (QED) is 0.454. The molecule has 0 aliphatic carbocycles. The molecule has 144 valence electrons. The van der Waals surface area contributed by atoms with Crippen LogP contribution in [0.2, 0.25) is 0 Å². The molecule has 0 N–H and O–H groups in total. The van der Waals surface area contributed by atoms with Crippen LogP contribution in [0.4, 0.5) is 0 Å². The molecular formula is C22H20O6. The van der Waals surface area contributed by atoms with Crippen LogP contribution < -0.4 is 9.47 Å². The number of aryl methyl sites for hydroxylation is 1. The minimum Gasteiger partial charge on any atom is -0.465 e. The fraction of sp³-hybridized carbons (Fsp3) is 0.227. The highest BCUT2D eigenvalue weighted by Crippen LogP contribution is 2.37. The summed E-state index contributed by atoms with van der Waals surface area (Å²) in [6, 6.07) is 9.80. The zero-order valence-electron chi connectivity index (χ0n) is 16.1. The van der Waals surface area contributed by atoms with Crippen LogP contribution in [0.3, 0.4) is 0 Å². The number of rotatable bonds is 4. The summed E-state index contributed by atoms with van der Waals surface area (Å²) in [6.45, 7) is 5.25. The summed E-state index contributed by atoms with van der Waals surface area (Å²) in [5, 5.41) is 0. The topological polar surface area (TPSA) is 78.9 Å². The maximum Gasteiger partial charge on any atom is 0.337 e. The third kappa shape index (κ3) is 3.81. The molecule has 0 fully saturated rings. The standard InChI is InChI=1S/C22H20O6/c1-12(2)21(24)27-16-9-13(3)19-17(11-16)28-18(20(19)23)10-14-5-7-15(8-6-14)22(25)26-4/h5-12H,1-4H3/b18-10-. The van der Waals surface area contributed by atoms with Crippen molar-refractivity contribution in [2.24, 2.45) is 5.92 Å². The molecule has 0 bridgehead atoms. The Labute approximate surface area is 162 Å². The normalized spacial score (nSPS) is 14.0. The molecular weight excluding hydrogens is 360 g/mol. The van der Waals surface area contributed by atoms with Gasteiger partial charge in [-0.05, 0) is 42.3 Å². The van der Waals surface area contributed by atoms with Crippen molar-refractivity contribution in [2.45, 2.75) is 20.8 Å². The smallest absolute Gasteiger partial charge is 0.337 e. The van der Waals surface area contributed by atoms with Gasteiger partial charge in [-0.1, -0.05) is 26.0 Å². The summed E-state index contributed by atoms with van der Waals surface area (Å²) < 4.78 is 15.7. The van der Waals surface area contributed by atoms with Crippen molar-refractivity contribution in [3.05, 3.63) is 64.4 Å². The van der Waals surface area contributed by atoms with Gasteiger partial charge in [0, 0.05) is 6.07 Å². The Morgan fingerprint density at radius 2 is 1.79 bits per heavy atom. The molecule has 0 spiro atoms. The van der Waals surface area contributed by atoms with Gasteiger partial charge in [0.05, 0.1) is 24.2 Å². The molecule has 0 atom stereocenters. The van der Waals surface area contributed by atoms with Gasteiger partial charge in [-0.3, -0.25) is 9.59 Å². The number of allylic oxidation sites excluding steroid dienone is 1. The van der Waals surface area contributed by atoms with Crippen LogP contribution in [0, 0.1) is 12.8 Å². The lowest BCUT2D eigenvalue weighted by atomic mass is 10.0. The zero-order chi connectivity index (χ0) is 20.4. The van der Waals surface area contributed by atoms with Crippen LogP contribution >= 0.6 is 0 Å². The molecule has 6 heteroatoms. The molecule has 1 aliphatic rings. The third-order valence-electron chi connectivity index (χ3n) is 4.26. The van der Waals surface area contributed by atoms with Crippen molar-refractivity contribution in [1.29, 1.82) is 0 Å². The molecule has 0 radical (unpaired) electrons. The van der Waals surface area contributed by atoms with E-state index >= 15 is 0 Å². The summed E-state index contributed by atoms with van der Waals surface area (Å²) in [6.07, 6.45) is 1.60. The van der Waals surface area contributed by atoms with Crippen molar-refractivity contribution in [2.75, 3.05) is 7.11 Å². The van der Waals surface area contributed by atoms with Gasteiger partial charge < -0.3 is 14.2 Å². The van der Waals surface area contributed by atoms with Crippen LogP contribution in [-0.4, -0.2) is 24.8 Å². The Morgan fingerprint density at radius 3 is 2.39 bits per heavy atom. The first kappa shape index (κ1) is 19.4. The molecule has 0 unspecified atom stereocenters. The number of Topliss-reactive ketones (excluding diaryl/α,β-unsaturated/α-hetero) is 1. The second kappa shape index (κ2) is 7.68. The molecule has 3 rings (SSSR count). The van der Waals surface area contributed by atoms with Crippen LogP contribution in [0.15, 0.2) is 42.2 Å². The largest absolute Gasteiger partial charge is 0.465 e. The first-order valence-corrected chi connectivity index (χ1v) is 8.79. The Balaban J connectivity index is 1.86. The average molecular weight is 380 g/mol. The van der Waals surface area contributed by atoms with E-state index in [4.69, 9.17) is 9.47 Å². The highest BCUT2D eigenvalue weighted by Gasteiger charge is 2.30. The zero-order valence-corrected chi connectivity index (χ0v) is 16.1. The van der Waals surface area contributed by atoms with Crippen molar-refractivity contribution in [1.82, 2.24) is 0 Å². The second-order valence-corrected chi connectivity index (χ2v) is 6.74. The monoisotopic (exact) mass is 380 g/mol. The summed E-state index contributed by atoms with van der Waals surface area (Å²) in [4.78, 5) is 36.0. The molecule has 0 aromatic heterocycles. The van der Waals surface area contributed by atoms with Crippen LogP contribution in [0.1, 0.15) is 45.7 Å². The lowest BCUT2D eigenvalue weighted by Crippen LogP contribution is -2.14. The van der Waals surface area contributed by atoms with Crippen molar-refractivity contribution in [3.63, 3.8) is 0 Å². The lowest BCUT2D eigenvalue weighted by molar-refractivity contribution is -0.137. The summed E-state index contributed by atoms with van der Waals surface area (Å²) in [7, 11) is 1.31. The fourth-order valence-electron chi connectivity index (χ4n) is 2.76. The number of fused-ring (bicyclic) bond motifs is 1. The molecule has 0 saturated carbocycles. The van der Waals surface area contributed by atoms with Crippen LogP contribution in [-0.2, 0) is 9.53 Å². The molecule has 6 nitrogen and oxygen atoms in total. The number of methoxy groups -OCH3 is 1. The summed E-state index contributed by atoms with van der Waals surface area (Å²) in [5.74, 6) is -0.438. The molecule has 2 aromatic carbocycles. The third-order valence-corrected chi connectivity index (χ3v) is 4.26. The number of hydrogen-bond donors (Lipinski definition) is 0. The number of benzene rings is 2. The maximum absolute atomic E-state index is 12.7. The van der Waals surface area contributed by atoms with E-state index < -0.39 is 5.97 Å². The van der Waals surface area contributed by atoms with Gasteiger partial charge in [0.15, 0.2) is 5.76 Å². The van der Waals surface area contributed by atoms with Gasteiger partial charge in [0.1, 0.15) is 11.5 Å².